The van der Waals surface area contributed by atoms with Crippen LogP contribution in [0.4, 0.5) is 10.5 Å². The molecule has 0 aliphatic heterocycles. The zero-order valence-electron chi connectivity index (χ0n) is 21.8. The van der Waals surface area contributed by atoms with Crippen LogP contribution in [0.5, 0.6) is 5.75 Å². The molecule has 39 heavy (non-hydrogen) atoms. The lowest BCUT2D eigenvalue weighted by Gasteiger charge is -2.16. The number of nitrogens with zero attached hydrogens (tertiary/aromatic N) is 3. The number of fused-ring (bicyclic) bond motifs is 1. The van der Waals surface area contributed by atoms with Crippen molar-refractivity contribution in [3.05, 3.63) is 64.9 Å². The standard InChI is InChI=1S/C27H32N6O6/c1-32(2)23(34)11-4-3-7-19(30-27(37)38)25(35)29-20-9-6-14-33(26(20)36)15-22-28-18-8-5-10-21(24(18)31-22)39-16-17-12-13-17/h4-6,8-11,14,17,19,30H,3,7,12-13,15-16H2,1-2H3,(H,28,31)(H,29,35)(H,37,38)/b11-4+. The summed E-state index contributed by atoms with van der Waals surface area (Å²) in [5.74, 6) is 0.930. The number of pyridine rings is 1. The van der Waals surface area contributed by atoms with Crippen molar-refractivity contribution in [1.82, 2.24) is 24.8 Å². The van der Waals surface area contributed by atoms with Crippen molar-refractivity contribution in [3.8, 4) is 5.75 Å². The molecule has 2 aromatic heterocycles. The van der Waals surface area contributed by atoms with Crippen LogP contribution in [0, 0.1) is 5.92 Å². The molecule has 1 aliphatic carbocycles. The first-order valence-electron chi connectivity index (χ1n) is 12.7. The number of anilines is 1. The second-order valence-electron chi connectivity index (χ2n) is 9.65. The molecule has 0 saturated heterocycles. The van der Waals surface area contributed by atoms with Crippen LogP contribution in [0.2, 0.25) is 0 Å². The van der Waals surface area contributed by atoms with Crippen LogP contribution in [0.25, 0.3) is 11.0 Å². The fourth-order valence-electron chi connectivity index (χ4n) is 3.89. The molecule has 1 aliphatic rings. The molecule has 12 nitrogen and oxygen atoms in total. The molecule has 3 amide bonds. The van der Waals surface area contributed by atoms with Gasteiger partial charge in [-0.05, 0) is 61.9 Å². The van der Waals surface area contributed by atoms with Gasteiger partial charge in [0.1, 0.15) is 28.8 Å². The summed E-state index contributed by atoms with van der Waals surface area (Å²) in [5, 5.41) is 13.9. The number of aromatic nitrogens is 3. The Bertz CT molecular complexity index is 1440. The third kappa shape index (κ3) is 7.46. The number of hydrogen-bond donors (Lipinski definition) is 4. The fourth-order valence-corrected chi connectivity index (χ4v) is 3.89. The van der Waals surface area contributed by atoms with Gasteiger partial charge in [0.15, 0.2) is 0 Å². The Morgan fingerprint density at radius 2 is 2.05 bits per heavy atom. The number of likely N-dealkylation sites (N-methyl/N-ethyl adjacent to an activating group) is 1. The van der Waals surface area contributed by atoms with Crippen molar-refractivity contribution in [2.24, 2.45) is 5.92 Å². The van der Waals surface area contributed by atoms with Crippen LogP contribution >= 0.6 is 0 Å². The number of carbonyl (C=O) groups excluding carboxylic acids is 2. The number of allylic oxidation sites excluding steroid dienone is 1. The van der Waals surface area contributed by atoms with Gasteiger partial charge in [0.2, 0.25) is 11.8 Å². The molecular formula is C27H32N6O6. The Morgan fingerprint density at radius 3 is 2.77 bits per heavy atom. The zero-order valence-corrected chi connectivity index (χ0v) is 21.8. The van der Waals surface area contributed by atoms with Crippen LogP contribution in [-0.2, 0) is 16.1 Å². The van der Waals surface area contributed by atoms with Crippen molar-refractivity contribution >= 4 is 34.6 Å². The number of para-hydroxylation sites is 1. The average molecular weight is 537 g/mol. The monoisotopic (exact) mass is 536 g/mol. The van der Waals surface area contributed by atoms with Crippen LogP contribution in [0.3, 0.4) is 0 Å². The summed E-state index contributed by atoms with van der Waals surface area (Å²) in [6.07, 6.45) is 5.85. The minimum Gasteiger partial charge on any atom is -0.491 e. The lowest BCUT2D eigenvalue weighted by Crippen LogP contribution is -2.44. The second-order valence-corrected chi connectivity index (χ2v) is 9.65. The summed E-state index contributed by atoms with van der Waals surface area (Å²) < 4.78 is 7.33. The Hall–Kier alpha value is -4.61. The minimum absolute atomic E-state index is 0.00239. The molecule has 0 radical (unpaired) electrons. The number of hydrogen-bond acceptors (Lipinski definition) is 6. The number of benzene rings is 1. The molecule has 1 atom stereocenters. The van der Waals surface area contributed by atoms with Crippen molar-refractivity contribution in [1.29, 1.82) is 0 Å². The van der Waals surface area contributed by atoms with Gasteiger partial charge >= 0.3 is 6.09 Å². The molecule has 1 saturated carbocycles. The molecule has 4 rings (SSSR count). The summed E-state index contributed by atoms with van der Waals surface area (Å²) in [6.45, 7) is 0.783. The van der Waals surface area contributed by atoms with Gasteiger partial charge in [0.05, 0.1) is 18.7 Å². The van der Waals surface area contributed by atoms with Crippen LogP contribution < -0.4 is 20.9 Å². The number of aromatic amines is 1. The number of imidazole rings is 1. The van der Waals surface area contributed by atoms with Crippen molar-refractivity contribution in [2.75, 3.05) is 26.0 Å². The number of carbonyl (C=O) groups is 3. The third-order valence-corrected chi connectivity index (χ3v) is 6.23. The summed E-state index contributed by atoms with van der Waals surface area (Å²) in [5.41, 5.74) is 1.01. The molecule has 206 valence electrons. The molecule has 1 fully saturated rings. The molecule has 1 unspecified atom stereocenters. The maximum absolute atomic E-state index is 13.1. The lowest BCUT2D eigenvalue weighted by molar-refractivity contribution is -0.123. The molecule has 4 N–H and O–H groups in total. The predicted octanol–water partition coefficient (Wildman–Crippen LogP) is 2.56. The zero-order chi connectivity index (χ0) is 27.9. The summed E-state index contributed by atoms with van der Waals surface area (Å²) in [4.78, 5) is 58.1. The quantitative estimate of drug-likeness (QED) is 0.259. The summed E-state index contributed by atoms with van der Waals surface area (Å²) in [6, 6.07) is 7.57. The first kappa shape index (κ1) is 27.4. The first-order chi connectivity index (χ1) is 18.7. The molecule has 0 spiro atoms. The number of H-pyrrole nitrogens is 1. The maximum Gasteiger partial charge on any atom is 0.405 e. The van der Waals surface area contributed by atoms with Gasteiger partial charge in [-0.15, -0.1) is 0 Å². The van der Waals surface area contributed by atoms with E-state index in [9.17, 15) is 19.2 Å². The van der Waals surface area contributed by atoms with E-state index in [1.165, 1.54) is 34.5 Å². The highest BCUT2D eigenvalue weighted by molar-refractivity contribution is 5.96. The molecule has 3 aromatic rings. The Kier molecular flexibility index (Phi) is 8.64. The highest BCUT2D eigenvalue weighted by Crippen LogP contribution is 2.31. The maximum atomic E-state index is 13.1. The molecule has 2 heterocycles. The number of rotatable bonds is 12. The number of nitrogens with one attached hydrogen (secondary N) is 3. The fraction of sp³-hybridized carbons (Fsp3) is 0.370. The SMILES string of the molecule is CN(C)C(=O)/C=C/CCC(NC(=O)O)C(=O)Nc1cccn(Cc2nc3c(OCC4CC4)cccc3[nH]2)c1=O. The van der Waals surface area contributed by atoms with Crippen molar-refractivity contribution in [2.45, 2.75) is 38.3 Å². The van der Waals surface area contributed by atoms with E-state index in [-0.39, 0.29) is 31.0 Å². The van der Waals surface area contributed by atoms with Gasteiger partial charge in [0.25, 0.3) is 5.56 Å². The van der Waals surface area contributed by atoms with Gasteiger partial charge in [-0.3, -0.25) is 14.4 Å². The lowest BCUT2D eigenvalue weighted by atomic mass is 10.1. The predicted molar refractivity (Wildman–Crippen MR) is 145 cm³/mol. The minimum atomic E-state index is -1.38. The highest BCUT2D eigenvalue weighted by Gasteiger charge is 2.23. The molecular weight excluding hydrogens is 504 g/mol. The van der Waals surface area contributed by atoms with Gasteiger partial charge < -0.3 is 34.9 Å². The van der Waals surface area contributed by atoms with Gasteiger partial charge in [-0.1, -0.05) is 12.1 Å². The Balaban J connectivity index is 1.44. The number of amides is 3. The molecule has 0 bridgehead atoms. The van der Waals surface area contributed by atoms with E-state index in [0.717, 1.165) is 5.52 Å². The van der Waals surface area contributed by atoms with E-state index in [0.29, 0.717) is 29.6 Å². The molecule has 1 aromatic carbocycles. The third-order valence-electron chi connectivity index (χ3n) is 6.23. The van der Waals surface area contributed by atoms with Crippen LogP contribution in [0.1, 0.15) is 31.5 Å². The van der Waals surface area contributed by atoms with Gasteiger partial charge in [-0.2, -0.15) is 0 Å². The van der Waals surface area contributed by atoms with E-state index in [1.807, 2.05) is 18.2 Å². The number of carboxylic acid groups (broad SMARTS) is 1. The first-order valence-corrected chi connectivity index (χ1v) is 12.7. The molecule has 12 heteroatoms. The second kappa shape index (κ2) is 12.3. The van der Waals surface area contributed by atoms with E-state index in [1.54, 1.807) is 32.4 Å². The largest absolute Gasteiger partial charge is 0.491 e. The van der Waals surface area contributed by atoms with Crippen LogP contribution in [-0.4, -0.2) is 69.2 Å². The number of ether oxygens (including phenoxy) is 1. The van der Waals surface area contributed by atoms with E-state index >= 15 is 0 Å². The normalized spacial score (nSPS) is 13.8. The summed E-state index contributed by atoms with van der Waals surface area (Å²) in [7, 11) is 3.22. The Labute approximate surface area is 224 Å². The average Bonchev–Trinajstić information content (AvgIpc) is 3.63. The topological polar surface area (TPSA) is 159 Å². The van der Waals surface area contributed by atoms with E-state index < -0.39 is 23.6 Å². The van der Waals surface area contributed by atoms with E-state index in [2.05, 4.69) is 20.6 Å². The van der Waals surface area contributed by atoms with Crippen molar-refractivity contribution < 1.29 is 24.2 Å². The van der Waals surface area contributed by atoms with E-state index in [4.69, 9.17) is 9.84 Å². The van der Waals surface area contributed by atoms with Gasteiger partial charge in [0, 0.05) is 20.3 Å². The van der Waals surface area contributed by atoms with Gasteiger partial charge in [-0.25, -0.2) is 9.78 Å². The highest BCUT2D eigenvalue weighted by atomic mass is 16.5. The summed E-state index contributed by atoms with van der Waals surface area (Å²) >= 11 is 0. The van der Waals surface area contributed by atoms with Crippen LogP contribution in [0.15, 0.2) is 53.5 Å². The smallest absolute Gasteiger partial charge is 0.405 e. The van der Waals surface area contributed by atoms with Crippen molar-refractivity contribution in [3.63, 3.8) is 0 Å². The Morgan fingerprint density at radius 1 is 1.26 bits per heavy atom.